The second-order valence-electron chi connectivity index (χ2n) is 6.18. The van der Waals surface area contributed by atoms with E-state index in [9.17, 15) is 0 Å². The van der Waals surface area contributed by atoms with Gasteiger partial charge in [-0.25, -0.2) is 0 Å². The van der Waals surface area contributed by atoms with Gasteiger partial charge < -0.3 is 16.9 Å². The Balaban J connectivity index is 0. The molecule has 0 atom stereocenters. The second-order valence-corrected chi connectivity index (χ2v) is 8.15. The van der Waals surface area contributed by atoms with E-state index in [2.05, 4.69) is 11.5 Å². The average molecular weight is 386 g/mol. The molecule has 9 N–H and O–H groups in total. The fourth-order valence-electron chi connectivity index (χ4n) is 2.73. The summed E-state index contributed by atoms with van der Waals surface area (Å²) < 4.78 is 33.2. The van der Waals surface area contributed by atoms with Crippen LogP contribution in [0, 0.1) is 0 Å². The average Bonchev–Trinajstić information content (AvgIpc) is 2.72. The Morgan fingerprint density at radius 3 is 1.09 bits per heavy atom. The van der Waals surface area contributed by atoms with Gasteiger partial charge in [-0.05, 0) is 51.4 Å². The molecule has 0 radical (unpaired) electrons. The molecule has 2 rings (SSSR count). The normalized spacial score (nSPS) is 21.0. The van der Waals surface area contributed by atoms with Crippen molar-refractivity contribution in [1.29, 1.82) is 0 Å². The molecule has 0 heterocycles. The Bertz CT molecular complexity index is 246. The van der Waals surface area contributed by atoms with Crippen LogP contribution < -0.4 is 19.7 Å². The minimum absolute atomic E-state index is 0. The van der Waals surface area contributed by atoms with E-state index in [4.69, 9.17) is 16.0 Å². The largest absolute Gasteiger partial charge is 0.355 e. The Kier molecular flexibility index (Phi) is 16.3. The van der Waals surface area contributed by atoms with E-state index in [1.165, 1.54) is 77.0 Å². The minimum atomic E-state index is -5.62. The molecule has 7 nitrogen and oxygen atoms in total. The summed E-state index contributed by atoms with van der Waals surface area (Å²) >= 11 is -5.62. The smallest absolute Gasteiger partial charge is 0.0843 e. The topological polar surface area (TPSA) is 170 Å². The van der Waals surface area contributed by atoms with E-state index >= 15 is 0 Å². The van der Waals surface area contributed by atoms with Crippen LogP contribution in [-0.2, 0) is 3.74 Å². The van der Waals surface area contributed by atoms with E-state index in [1.54, 1.807) is 0 Å². The molecule has 136 valence electrons. The molecule has 22 heavy (non-hydrogen) atoms. The predicted octanol–water partition coefficient (Wildman–Crippen LogP) is -2.36. The summed E-state index contributed by atoms with van der Waals surface area (Å²) in [7, 11) is 0. The molecule has 2 saturated carbocycles. The maximum atomic E-state index is 8.72. The molecule has 0 aromatic heterocycles. The van der Waals surface area contributed by atoms with Crippen molar-refractivity contribution >= 4 is 14.5 Å². The predicted molar refractivity (Wildman–Crippen MR) is 81.0 cm³/mol. The van der Waals surface area contributed by atoms with Gasteiger partial charge in [0.2, 0.25) is 0 Å². The third-order valence-corrected chi connectivity index (χ3v) is 3.95. The molecule has 8 heteroatoms. The van der Waals surface area contributed by atoms with Gasteiger partial charge in [0.25, 0.3) is 0 Å². The van der Waals surface area contributed by atoms with E-state index in [1.807, 2.05) is 0 Å². The van der Waals surface area contributed by atoms with Crippen molar-refractivity contribution in [2.24, 2.45) is 0 Å². The van der Waals surface area contributed by atoms with Crippen LogP contribution in [0.25, 0.3) is 0 Å². The van der Waals surface area contributed by atoms with Gasteiger partial charge in [0, 0.05) is 0 Å². The first-order valence-electron chi connectivity index (χ1n) is 8.20. The van der Waals surface area contributed by atoms with Gasteiger partial charge in [-0.1, -0.05) is 25.7 Å². The molecule has 2 aliphatic rings. The summed E-state index contributed by atoms with van der Waals surface area (Å²) in [4.78, 5) is 0. The van der Waals surface area contributed by atoms with Crippen LogP contribution in [0.1, 0.15) is 77.0 Å². The van der Waals surface area contributed by atoms with E-state index in [0.717, 1.165) is 12.1 Å². The maximum absolute atomic E-state index is 8.72. The quantitative estimate of drug-likeness (QED) is 0.313. The van der Waals surface area contributed by atoms with Gasteiger partial charge >= 0.3 is 30.5 Å². The summed E-state index contributed by atoms with van der Waals surface area (Å²) in [6, 6.07) is 1.55. The Hall–Kier alpha value is 0.118. The van der Waals surface area contributed by atoms with Crippen LogP contribution in [0.15, 0.2) is 0 Å². The van der Waals surface area contributed by atoms with Crippen molar-refractivity contribution in [2.45, 2.75) is 89.1 Å². The molecule has 0 unspecified atom stereocenters. The van der Waals surface area contributed by atoms with Crippen LogP contribution in [0.3, 0.4) is 0 Å². The van der Waals surface area contributed by atoms with Crippen LogP contribution >= 0.6 is 0 Å². The molecule has 0 spiro atoms. The minimum Gasteiger partial charge on any atom is -0.355 e. The molecule has 0 aromatic carbocycles. The van der Waals surface area contributed by atoms with Gasteiger partial charge in [0.05, 0.1) is 12.1 Å². The standard InChI is InChI=1S/2C7H15N.AsH3O4.H2O/c2*8-7-5-3-1-2-4-6-7;2-1(3,4)5;/h2*7H,1-6,8H2;(H3,2,3,4,5);1H2. The van der Waals surface area contributed by atoms with Crippen molar-refractivity contribution < 1.29 is 33.0 Å². The van der Waals surface area contributed by atoms with Crippen molar-refractivity contribution in [2.75, 3.05) is 0 Å². The molecule has 0 saturated heterocycles. The number of hydrogen-bond donors (Lipinski definition) is 3. The summed E-state index contributed by atoms with van der Waals surface area (Å²) in [5.41, 5.74) is 8.12. The molecule has 0 aromatic rings. The molecule has 2 fully saturated rings. The van der Waals surface area contributed by atoms with Crippen LogP contribution in [0.5, 0.6) is 0 Å². The first-order valence-corrected chi connectivity index (χ1v) is 11.3. The third kappa shape index (κ3) is 22.4. The van der Waals surface area contributed by atoms with Crippen LogP contribution in [0.2, 0.25) is 0 Å². The van der Waals surface area contributed by atoms with E-state index in [0.29, 0.717) is 0 Å². The van der Waals surface area contributed by atoms with E-state index < -0.39 is 14.5 Å². The zero-order valence-electron chi connectivity index (χ0n) is 13.7. The molecular weight excluding hydrogens is 351 g/mol. The van der Waals surface area contributed by atoms with E-state index in [-0.39, 0.29) is 5.48 Å². The van der Waals surface area contributed by atoms with Gasteiger partial charge in [0.1, 0.15) is 0 Å². The summed E-state index contributed by atoms with van der Waals surface area (Å²) in [6.45, 7) is 0. The summed E-state index contributed by atoms with van der Waals surface area (Å²) in [5, 5.41) is 0. The first-order chi connectivity index (χ1) is 9.79. The van der Waals surface area contributed by atoms with Crippen molar-refractivity contribution in [3.63, 3.8) is 0 Å². The van der Waals surface area contributed by atoms with Gasteiger partial charge in [-0.2, -0.15) is 0 Å². The Morgan fingerprint density at radius 2 is 0.909 bits per heavy atom. The third-order valence-electron chi connectivity index (χ3n) is 3.95. The Labute approximate surface area is 137 Å². The summed E-state index contributed by atoms with van der Waals surface area (Å²) in [6.07, 6.45) is 17.0. The molecule has 0 bridgehead atoms. The molecule has 2 aliphatic carbocycles. The first kappa shape index (κ1) is 24.4. The van der Waals surface area contributed by atoms with Crippen LogP contribution in [-0.4, -0.2) is 36.2 Å². The fraction of sp³-hybridized carbons (Fsp3) is 1.00. The van der Waals surface area contributed by atoms with Crippen LogP contribution in [0.4, 0.5) is 0 Å². The van der Waals surface area contributed by atoms with Gasteiger partial charge in [0.15, 0.2) is 0 Å². The number of quaternary nitrogens is 2. The fourth-order valence-corrected chi connectivity index (χ4v) is 2.73. The van der Waals surface area contributed by atoms with Crippen molar-refractivity contribution in [3.05, 3.63) is 0 Å². The molecular formula is C14H35AsN2O5. The number of hydrogen-bond acceptors (Lipinski definition) is 3. The molecule has 0 amide bonds. The zero-order valence-corrected chi connectivity index (χ0v) is 15.5. The Morgan fingerprint density at radius 1 is 0.727 bits per heavy atom. The maximum Gasteiger partial charge on any atom is 0.0843 e. The number of rotatable bonds is 0. The monoisotopic (exact) mass is 386 g/mol. The van der Waals surface area contributed by atoms with Crippen molar-refractivity contribution in [1.82, 2.24) is 0 Å². The van der Waals surface area contributed by atoms with Gasteiger partial charge in [-0.15, -0.1) is 0 Å². The zero-order chi connectivity index (χ0) is 16.1. The van der Waals surface area contributed by atoms with Gasteiger partial charge in [-0.3, -0.25) is 0 Å². The van der Waals surface area contributed by atoms with Crippen molar-refractivity contribution in [3.8, 4) is 0 Å². The molecule has 0 aliphatic heterocycles. The summed E-state index contributed by atoms with van der Waals surface area (Å²) in [5.74, 6) is 0. The SMILES string of the molecule is O.O=[As]([O-])([O-])O.[NH3+]C1CCCCCC1.[NH3+]C1CCCCCC1. The second kappa shape index (κ2) is 14.7.